The van der Waals surface area contributed by atoms with Crippen molar-refractivity contribution in [2.24, 2.45) is 0 Å². The SMILES string of the molecule is CCCSc1ccccc1N1CCN(CCCCCNC(=O)OC)CC1.Cl. The smallest absolute Gasteiger partial charge is 0.406 e. The number of hydrogen-bond acceptors (Lipinski definition) is 5. The Morgan fingerprint density at radius 2 is 1.89 bits per heavy atom. The van der Waals surface area contributed by atoms with Crippen LogP contribution in [0.4, 0.5) is 10.5 Å². The molecule has 0 spiro atoms. The van der Waals surface area contributed by atoms with Crippen LogP contribution in [-0.2, 0) is 4.74 Å². The lowest BCUT2D eigenvalue weighted by Crippen LogP contribution is -2.46. The Kier molecular flexibility index (Phi) is 12.4. The Morgan fingerprint density at radius 1 is 1.15 bits per heavy atom. The summed E-state index contributed by atoms with van der Waals surface area (Å²) in [6.07, 6.45) is 4.21. The van der Waals surface area contributed by atoms with Gasteiger partial charge in [-0.1, -0.05) is 25.5 Å². The van der Waals surface area contributed by atoms with Crippen LogP contribution >= 0.6 is 24.2 Å². The van der Waals surface area contributed by atoms with E-state index in [1.165, 1.54) is 36.3 Å². The van der Waals surface area contributed by atoms with Gasteiger partial charge in [0.05, 0.1) is 12.8 Å². The molecular weight excluding hydrogens is 382 g/mol. The maximum Gasteiger partial charge on any atom is 0.406 e. The second-order valence-corrected chi connectivity index (χ2v) is 7.76. The zero-order valence-corrected chi connectivity index (χ0v) is 18.2. The summed E-state index contributed by atoms with van der Waals surface area (Å²) in [4.78, 5) is 17.5. The van der Waals surface area contributed by atoms with E-state index in [4.69, 9.17) is 0 Å². The van der Waals surface area contributed by atoms with E-state index in [2.05, 4.69) is 51.0 Å². The van der Waals surface area contributed by atoms with Crippen molar-refractivity contribution >= 4 is 35.9 Å². The van der Waals surface area contributed by atoms with Gasteiger partial charge < -0.3 is 15.0 Å². The summed E-state index contributed by atoms with van der Waals surface area (Å²) in [5, 5.41) is 2.73. The minimum atomic E-state index is -0.335. The number of rotatable bonds is 10. The van der Waals surface area contributed by atoms with E-state index in [1.807, 2.05) is 11.8 Å². The van der Waals surface area contributed by atoms with Gasteiger partial charge in [0.1, 0.15) is 0 Å². The van der Waals surface area contributed by atoms with Crippen LogP contribution in [0, 0.1) is 0 Å². The summed E-state index contributed by atoms with van der Waals surface area (Å²) in [5.74, 6) is 1.18. The number of methoxy groups -OCH3 is 1. The topological polar surface area (TPSA) is 44.8 Å². The van der Waals surface area contributed by atoms with Gasteiger partial charge in [0.25, 0.3) is 0 Å². The number of para-hydroxylation sites is 1. The number of halogens is 1. The number of thioether (sulfide) groups is 1. The predicted molar refractivity (Wildman–Crippen MR) is 118 cm³/mol. The van der Waals surface area contributed by atoms with Crippen molar-refractivity contribution in [3.63, 3.8) is 0 Å². The Hall–Kier alpha value is -1.11. The predicted octanol–water partition coefficient (Wildman–Crippen LogP) is 4.26. The fraction of sp³-hybridized carbons (Fsp3) is 0.650. The number of hydrogen-bond donors (Lipinski definition) is 1. The molecule has 1 heterocycles. The summed E-state index contributed by atoms with van der Waals surface area (Å²) in [5.41, 5.74) is 1.40. The number of piperazine rings is 1. The first-order valence-electron chi connectivity index (χ1n) is 9.75. The number of carbonyl (C=O) groups excluding carboxylic acids is 1. The molecule has 1 N–H and O–H groups in total. The number of amides is 1. The number of benzene rings is 1. The van der Waals surface area contributed by atoms with Crippen molar-refractivity contribution in [2.75, 3.05) is 57.0 Å². The number of nitrogens with zero attached hydrogens (tertiary/aromatic N) is 2. The fourth-order valence-electron chi connectivity index (χ4n) is 3.16. The summed E-state index contributed by atoms with van der Waals surface area (Å²) >= 11 is 1.97. The van der Waals surface area contributed by atoms with E-state index in [0.29, 0.717) is 6.54 Å². The molecular formula is C20H34ClN3O2S. The van der Waals surface area contributed by atoms with Crippen LogP contribution in [0.15, 0.2) is 29.2 Å². The molecule has 0 saturated carbocycles. The molecule has 1 aromatic rings. The molecule has 7 heteroatoms. The number of nitrogens with one attached hydrogen (secondary N) is 1. The Balaban J connectivity index is 0.00000364. The second kappa shape index (κ2) is 14.0. The number of anilines is 1. The standard InChI is InChI=1S/C20H33N3O2S.ClH/c1-3-17-26-19-10-6-5-9-18(19)23-15-13-22(14-16-23)12-8-4-7-11-21-20(24)25-2;/h5-6,9-10H,3-4,7-8,11-17H2,1-2H3,(H,21,24);1H. The van der Waals surface area contributed by atoms with Gasteiger partial charge in [0.2, 0.25) is 0 Å². The van der Waals surface area contributed by atoms with Gasteiger partial charge in [-0.2, -0.15) is 0 Å². The van der Waals surface area contributed by atoms with Gasteiger partial charge in [0.15, 0.2) is 0 Å². The van der Waals surface area contributed by atoms with E-state index in [1.54, 1.807) is 0 Å². The maximum absolute atomic E-state index is 11.0. The molecule has 1 aromatic carbocycles. The van der Waals surface area contributed by atoms with Crippen molar-refractivity contribution < 1.29 is 9.53 Å². The highest BCUT2D eigenvalue weighted by atomic mass is 35.5. The molecule has 0 atom stereocenters. The van der Waals surface area contributed by atoms with Gasteiger partial charge in [-0.15, -0.1) is 24.2 Å². The van der Waals surface area contributed by atoms with Gasteiger partial charge in [-0.3, -0.25) is 4.90 Å². The summed E-state index contributed by atoms with van der Waals surface area (Å²) in [6.45, 7) is 8.56. The van der Waals surface area contributed by atoms with Gasteiger partial charge in [-0.05, 0) is 43.7 Å². The van der Waals surface area contributed by atoms with E-state index in [0.717, 1.165) is 45.6 Å². The zero-order valence-electron chi connectivity index (χ0n) is 16.6. The molecule has 2 rings (SSSR count). The molecule has 0 bridgehead atoms. The van der Waals surface area contributed by atoms with Crippen molar-refractivity contribution in [3.8, 4) is 0 Å². The first kappa shape index (κ1) is 23.9. The molecule has 1 aliphatic rings. The normalized spacial score (nSPS) is 14.5. The lowest BCUT2D eigenvalue weighted by Gasteiger charge is -2.37. The Bertz CT molecular complexity index is 540. The highest BCUT2D eigenvalue weighted by molar-refractivity contribution is 7.99. The maximum atomic E-state index is 11.0. The Morgan fingerprint density at radius 3 is 2.59 bits per heavy atom. The molecule has 1 amide bonds. The third kappa shape index (κ3) is 8.62. The van der Waals surface area contributed by atoms with Crippen molar-refractivity contribution in [2.45, 2.75) is 37.5 Å². The van der Waals surface area contributed by atoms with Crippen molar-refractivity contribution in [1.82, 2.24) is 10.2 Å². The molecule has 5 nitrogen and oxygen atoms in total. The second-order valence-electron chi connectivity index (χ2n) is 6.62. The van der Waals surface area contributed by atoms with Gasteiger partial charge in [0, 0.05) is 37.6 Å². The zero-order chi connectivity index (χ0) is 18.6. The Labute approximate surface area is 174 Å². The largest absolute Gasteiger partial charge is 0.453 e. The molecule has 0 radical (unpaired) electrons. The van der Waals surface area contributed by atoms with Gasteiger partial charge in [-0.25, -0.2) is 4.79 Å². The number of unbranched alkanes of at least 4 members (excludes halogenated alkanes) is 2. The average molecular weight is 416 g/mol. The van der Waals surface area contributed by atoms with Crippen molar-refractivity contribution in [3.05, 3.63) is 24.3 Å². The van der Waals surface area contributed by atoms with E-state index >= 15 is 0 Å². The van der Waals surface area contributed by atoms with Crippen LogP contribution in [-0.4, -0.2) is 63.1 Å². The number of ether oxygens (including phenoxy) is 1. The quantitative estimate of drug-likeness (QED) is 0.457. The molecule has 1 saturated heterocycles. The summed E-state index contributed by atoms with van der Waals surface area (Å²) in [7, 11) is 1.40. The van der Waals surface area contributed by atoms with Crippen LogP contribution < -0.4 is 10.2 Å². The van der Waals surface area contributed by atoms with Crippen molar-refractivity contribution in [1.29, 1.82) is 0 Å². The third-order valence-electron chi connectivity index (χ3n) is 4.65. The molecule has 154 valence electrons. The third-order valence-corrected chi connectivity index (χ3v) is 5.91. The lowest BCUT2D eigenvalue weighted by molar-refractivity contribution is 0.170. The van der Waals surface area contributed by atoms with E-state index < -0.39 is 0 Å². The van der Waals surface area contributed by atoms with Crippen LogP contribution in [0.3, 0.4) is 0 Å². The minimum Gasteiger partial charge on any atom is -0.453 e. The van der Waals surface area contributed by atoms with Crippen LogP contribution in [0.1, 0.15) is 32.6 Å². The lowest BCUT2D eigenvalue weighted by atomic mass is 10.2. The molecule has 0 unspecified atom stereocenters. The van der Waals surface area contributed by atoms with Gasteiger partial charge >= 0.3 is 6.09 Å². The first-order valence-corrected chi connectivity index (χ1v) is 10.7. The van der Waals surface area contributed by atoms with Crippen LogP contribution in [0.2, 0.25) is 0 Å². The first-order chi connectivity index (χ1) is 12.7. The van der Waals surface area contributed by atoms with Crippen LogP contribution in [0.5, 0.6) is 0 Å². The molecule has 1 aliphatic heterocycles. The molecule has 1 fully saturated rings. The highest BCUT2D eigenvalue weighted by Gasteiger charge is 2.18. The monoisotopic (exact) mass is 415 g/mol. The van der Waals surface area contributed by atoms with E-state index in [9.17, 15) is 4.79 Å². The number of alkyl carbamates (subject to hydrolysis) is 1. The number of carbonyl (C=O) groups is 1. The minimum absolute atomic E-state index is 0. The molecule has 0 aliphatic carbocycles. The van der Waals surface area contributed by atoms with Crippen LogP contribution in [0.25, 0.3) is 0 Å². The molecule has 27 heavy (non-hydrogen) atoms. The highest BCUT2D eigenvalue weighted by Crippen LogP contribution is 2.31. The molecule has 0 aromatic heterocycles. The fourth-order valence-corrected chi connectivity index (χ4v) is 4.11. The van der Waals surface area contributed by atoms with E-state index in [-0.39, 0.29) is 18.5 Å². The summed E-state index contributed by atoms with van der Waals surface area (Å²) < 4.78 is 4.56. The average Bonchev–Trinajstić information content (AvgIpc) is 2.69. The summed E-state index contributed by atoms with van der Waals surface area (Å²) in [6, 6.07) is 8.82.